The zero-order valence-electron chi connectivity index (χ0n) is 18.5. The summed E-state index contributed by atoms with van der Waals surface area (Å²) in [6.07, 6.45) is -1.69. The van der Waals surface area contributed by atoms with Gasteiger partial charge in [-0.3, -0.25) is 9.63 Å². The molecule has 8 nitrogen and oxygen atoms in total. The van der Waals surface area contributed by atoms with E-state index in [0.717, 1.165) is 16.7 Å². The molecule has 1 unspecified atom stereocenters. The number of carboxylic acids is 1. The van der Waals surface area contributed by atoms with Crippen molar-refractivity contribution in [1.82, 2.24) is 10.8 Å². The number of alkyl carbamates (subject to hydrolysis) is 1. The van der Waals surface area contributed by atoms with Crippen LogP contribution in [0.25, 0.3) is 11.1 Å². The van der Waals surface area contributed by atoms with Crippen LogP contribution in [-0.4, -0.2) is 35.8 Å². The lowest BCUT2D eigenvalue weighted by atomic mass is 9.98. The van der Waals surface area contributed by atoms with Crippen molar-refractivity contribution in [3.8, 4) is 11.1 Å². The molecule has 0 aromatic heterocycles. The molecule has 0 saturated carbocycles. The second kappa shape index (κ2) is 10.2. The largest absolute Gasteiger partial charge is 0.479 e. The second-order valence-corrected chi connectivity index (χ2v) is 7.91. The lowest BCUT2D eigenvalue weighted by molar-refractivity contribution is -0.152. The number of fused-ring (bicyclic) bond motifs is 3. The topological polar surface area (TPSA) is 114 Å². The van der Waals surface area contributed by atoms with E-state index < -0.39 is 24.1 Å². The Kier molecular flexibility index (Phi) is 6.89. The minimum Gasteiger partial charge on any atom is -0.479 e. The smallest absolute Gasteiger partial charge is 0.407 e. The molecule has 0 spiro atoms. The Morgan fingerprint density at radius 1 is 0.912 bits per heavy atom. The number of benzene rings is 3. The number of carboxylic acid groups (broad SMARTS) is 1. The molecule has 4 rings (SSSR count). The van der Waals surface area contributed by atoms with Crippen LogP contribution in [-0.2, 0) is 20.9 Å². The summed E-state index contributed by atoms with van der Waals surface area (Å²) in [6, 6.07) is 22.7. The first-order chi connectivity index (χ1) is 16.4. The van der Waals surface area contributed by atoms with Gasteiger partial charge in [0.2, 0.25) is 0 Å². The maximum Gasteiger partial charge on any atom is 0.407 e. The van der Waals surface area contributed by atoms with Crippen LogP contribution >= 0.6 is 0 Å². The zero-order chi connectivity index (χ0) is 24.1. The maximum absolute atomic E-state index is 12.3. The molecule has 174 valence electrons. The molecule has 0 aliphatic heterocycles. The summed E-state index contributed by atoms with van der Waals surface area (Å²) in [5, 5.41) is 11.5. The highest BCUT2D eigenvalue weighted by Crippen LogP contribution is 2.44. The quantitative estimate of drug-likeness (QED) is 0.440. The predicted octanol–water partition coefficient (Wildman–Crippen LogP) is 3.86. The van der Waals surface area contributed by atoms with E-state index in [1.165, 1.54) is 18.1 Å². The molecule has 0 fully saturated rings. The normalized spacial score (nSPS) is 12.9. The van der Waals surface area contributed by atoms with Gasteiger partial charge >= 0.3 is 12.1 Å². The van der Waals surface area contributed by atoms with Crippen molar-refractivity contribution >= 4 is 18.0 Å². The Balaban J connectivity index is 1.28. The Morgan fingerprint density at radius 2 is 1.50 bits per heavy atom. The van der Waals surface area contributed by atoms with E-state index in [9.17, 15) is 14.4 Å². The third-order valence-corrected chi connectivity index (χ3v) is 5.67. The molecule has 8 heteroatoms. The third kappa shape index (κ3) is 5.07. The highest BCUT2D eigenvalue weighted by Gasteiger charge is 2.28. The standard InChI is InChI=1S/C26H24N2O6/c1-16(25(30)31)34-28-24(29)18-12-10-17(11-13-18)14-27-26(32)33-15-23-21-8-4-2-6-19(21)20-7-3-5-9-22(20)23/h2-13,16,23H,14-15H2,1H3,(H,27,32)(H,28,29)(H,30,31). The monoisotopic (exact) mass is 460 g/mol. The molecule has 0 radical (unpaired) electrons. The van der Waals surface area contributed by atoms with Crippen LogP contribution in [0.5, 0.6) is 0 Å². The van der Waals surface area contributed by atoms with Crippen molar-refractivity contribution in [3.05, 3.63) is 95.1 Å². The number of aliphatic carboxylic acids is 1. The van der Waals surface area contributed by atoms with E-state index in [1.54, 1.807) is 24.3 Å². The molecule has 2 amide bonds. The van der Waals surface area contributed by atoms with Crippen molar-refractivity contribution in [2.45, 2.75) is 25.5 Å². The van der Waals surface area contributed by atoms with E-state index in [2.05, 4.69) is 35.1 Å². The fourth-order valence-electron chi connectivity index (χ4n) is 3.85. The first-order valence-electron chi connectivity index (χ1n) is 10.8. The minimum atomic E-state index is -1.19. The lowest BCUT2D eigenvalue weighted by Gasteiger charge is -2.14. The molecule has 1 aliphatic rings. The fraction of sp³-hybridized carbons (Fsp3) is 0.192. The Labute approximate surface area is 196 Å². The first-order valence-corrected chi connectivity index (χ1v) is 10.8. The van der Waals surface area contributed by atoms with Gasteiger partial charge in [-0.2, -0.15) is 0 Å². The van der Waals surface area contributed by atoms with Crippen LogP contribution in [0.1, 0.15) is 39.9 Å². The third-order valence-electron chi connectivity index (χ3n) is 5.67. The van der Waals surface area contributed by atoms with Gasteiger partial charge in [-0.1, -0.05) is 60.7 Å². The van der Waals surface area contributed by atoms with Crippen molar-refractivity contribution in [1.29, 1.82) is 0 Å². The van der Waals surface area contributed by atoms with Gasteiger partial charge in [0.25, 0.3) is 5.91 Å². The number of rotatable bonds is 8. The van der Waals surface area contributed by atoms with E-state index in [0.29, 0.717) is 5.56 Å². The van der Waals surface area contributed by atoms with Gasteiger partial charge in [0.05, 0.1) is 0 Å². The van der Waals surface area contributed by atoms with Gasteiger partial charge in [-0.15, -0.1) is 0 Å². The van der Waals surface area contributed by atoms with Gasteiger partial charge in [-0.25, -0.2) is 15.1 Å². The number of nitrogens with one attached hydrogen (secondary N) is 2. The van der Waals surface area contributed by atoms with Gasteiger partial charge in [-0.05, 0) is 46.9 Å². The lowest BCUT2D eigenvalue weighted by Crippen LogP contribution is -2.32. The molecule has 34 heavy (non-hydrogen) atoms. The number of hydroxylamine groups is 1. The van der Waals surface area contributed by atoms with Gasteiger partial charge in [0, 0.05) is 18.0 Å². The molecule has 1 aliphatic carbocycles. The molecule has 0 bridgehead atoms. The predicted molar refractivity (Wildman–Crippen MR) is 124 cm³/mol. The number of hydrogen-bond donors (Lipinski definition) is 3. The first kappa shape index (κ1) is 23.0. The summed E-state index contributed by atoms with van der Waals surface area (Å²) in [4.78, 5) is 39.8. The highest BCUT2D eigenvalue weighted by molar-refractivity contribution is 5.93. The molecular weight excluding hydrogens is 436 g/mol. The van der Waals surface area contributed by atoms with Crippen LogP contribution in [0.15, 0.2) is 72.8 Å². The zero-order valence-corrected chi connectivity index (χ0v) is 18.5. The number of amides is 2. The van der Waals surface area contributed by atoms with E-state index in [-0.39, 0.29) is 19.1 Å². The molecule has 0 saturated heterocycles. The highest BCUT2D eigenvalue weighted by atomic mass is 16.7. The Hall–Kier alpha value is -4.17. The van der Waals surface area contributed by atoms with Gasteiger partial charge in [0.1, 0.15) is 6.61 Å². The molecule has 3 aromatic carbocycles. The van der Waals surface area contributed by atoms with Crippen molar-refractivity contribution in [2.75, 3.05) is 6.61 Å². The van der Waals surface area contributed by atoms with Crippen LogP contribution < -0.4 is 10.8 Å². The van der Waals surface area contributed by atoms with E-state index in [4.69, 9.17) is 14.7 Å². The van der Waals surface area contributed by atoms with Crippen molar-refractivity contribution in [3.63, 3.8) is 0 Å². The SMILES string of the molecule is CC(ONC(=O)c1ccc(CNC(=O)OCC2c3ccccc3-c3ccccc32)cc1)C(=O)O. The van der Waals surface area contributed by atoms with Gasteiger partial charge < -0.3 is 15.2 Å². The van der Waals surface area contributed by atoms with E-state index >= 15 is 0 Å². The molecule has 0 heterocycles. The molecule has 1 atom stereocenters. The minimum absolute atomic E-state index is 0.0120. The van der Waals surface area contributed by atoms with Crippen LogP contribution in [0.3, 0.4) is 0 Å². The summed E-state index contributed by atoms with van der Waals surface area (Å²) in [6.45, 7) is 1.76. The van der Waals surface area contributed by atoms with Crippen LogP contribution in [0, 0.1) is 0 Å². The van der Waals surface area contributed by atoms with Crippen molar-refractivity contribution < 1.29 is 29.1 Å². The van der Waals surface area contributed by atoms with Gasteiger partial charge in [0.15, 0.2) is 6.10 Å². The van der Waals surface area contributed by atoms with Crippen LogP contribution in [0.4, 0.5) is 4.79 Å². The van der Waals surface area contributed by atoms with Crippen molar-refractivity contribution in [2.24, 2.45) is 0 Å². The van der Waals surface area contributed by atoms with E-state index in [1.807, 2.05) is 24.3 Å². The number of hydrogen-bond acceptors (Lipinski definition) is 5. The Morgan fingerprint density at radius 3 is 2.09 bits per heavy atom. The summed E-state index contributed by atoms with van der Waals surface area (Å²) in [5.74, 6) is -1.76. The summed E-state index contributed by atoms with van der Waals surface area (Å²) < 4.78 is 5.52. The van der Waals surface area contributed by atoms with Crippen LogP contribution in [0.2, 0.25) is 0 Å². The average molecular weight is 460 g/mol. The summed E-state index contributed by atoms with van der Waals surface area (Å²) >= 11 is 0. The maximum atomic E-state index is 12.3. The fourth-order valence-corrected chi connectivity index (χ4v) is 3.85. The Bertz CT molecular complexity index is 1160. The number of carbonyl (C=O) groups excluding carboxylic acids is 2. The molecule has 3 N–H and O–H groups in total. The average Bonchev–Trinajstić information content (AvgIpc) is 3.18. The molecule has 3 aromatic rings. The number of carbonyl (C=O) groups is 3. The number of ether oxygens (including phenoxy) is 1. The summed E-state index contributed by atoms with van der Waals surface area (Å²) in [7, 11) is 0. The molecular formula is C26H24N2O6. The second-order valence-electron chi connectivity index (χ2n) is 7.91. The summed E-state index contributed by atoms with van der Waals surface area (Å²) in [5.41, 5.74) is 7.78.